The van der Waals surface area contributed by atoms with Crippen LogP contribution in [0.5, 0.6) is 5.75 Å². The largest absolute Gasteiger partial charge is 0.497 e. The van der Waals surface area contributed by atoms with Gasteiger partial charge in [0, 0.05) is 18.0 Å². The van der Waals surface area contributed by atoms with E-state index in [4.69, 9.17) is 4.74 Å². The first-order valence-corrected chi connectivity index (χ1v) is 6.81. The molecule has 0 saturated heterocycles. The minimum Gasteiger partial charge on any atom is -0.497 e. The van der Waals surface area contributed by atoms with E-state index in [0.29, 0.717) is 5.71 Å². The Kier molecular flexibility index (Phi) is 5.48. The number of benzene rings is 1. The minimum atomic E-state index is -0.238. The number of methoxy groups -OCH3 is 1. The molecule has 0 unspecified atom stereocenters. The van der Waals surface area contributed by atoms with Crippen LogP contribution in [-0.4, -0.2) is 30.3 Å². The van der Waals surface area contributed by atoms with Crippen LogP contribution in [0, 0.1) is 0 Å². The van der Waals surface area contributed by atoms with Crippen LogP contribution in [-0.2, 0) is 4.79 Å². The van der Waals surface area contributed by atoms with E-state index in [1.54, 1.807) is 20.2 Å². The maximum Gasteiger partial charge on any atom is 0.259 e. The number of hydrogen-bond acceptors (Lipinski definition) is 5. The Labute approximate surface area is 129 Å². The van der Waals surface area contributed by atoms with E-state index in [0.717, 1.165) is 17.1 Å². The van der Waals surface area contributed by atoms with Gasteiger partial charge in [0.25, 0.3) is 5.91 Å². The van der Waals surface area contributed by atoms with E-state index in [9.17, 15) is 4.79 Å². The number of ether oxygens (including phenoxy) is 1. The normalized spacial score (nSPS) is 10.9. The molecule has 0 fully saturated rings. The van der Waals surface area contributed by atoms with Gasteiger partial charge < -0.3 is 10.1 Å². The number of nitrogens with zero attached hydrogens (tertiary/aromatic N) is 2. The summed E-state index contributed by atoms with van der Waals surface area (Å²) in [6.07, 6.45) is 1.68. The molecule has 0 saturated carbocycles. The second kappa shape index (κ2) is 7.78. The molecule has 2 aromatic rings. The van der Waals surface area contributed by atoms with Crippen molar-refractivity contribution in [1.29, 1.82) is 0 Å². The fraction of sp³-hybridized carbons (Fsp3) is 0.188. The molecule has 6 heteroatoms. The number of carbonyl (C=O) groups excluding carboxylic acids is 1. The van der Waals surface area contributed by atoms with Gasteiger partial charge in [-0.1, -0.05) is 12.1 Å². The predicted molar refractivity (Wildman–Crippen MR) is 86.1 cm³/mol. The van der Waals surface area contributed by atoms with Crippen molar-refractivity contribution in [3.63, 3.8) is 0 Å². The van der Waals surface area contributed by atoms with E-state index in [2.05, 4.69) is 20.8 Å². The minimum absolute atomic E-state index is 0.117. The highest BCUT2D eigenvalue weighted by atomic mass is 16.5. The zero-order valence-electron chi connectivity index (χ0n) is 12.5. The Hall–Kier alpha value is -2.89. The number of aromatic nitrogens is 1. The molecule has 0 bridgehead atoms. The summed E-state index contributed by atoms with van der Waals surface area (Å²) in [5.74, 6) is 0.493. The van der Waals surface area contributed by atoms with E-state index in [-0.39, 0.29) is 12.5 Å². The Morgan fingerprint density at radius 2 is 2.14 bits per heavy atom. The number of nitrogens with one attached hydrogen (secondary N) is 2. The van der Waals surface area contributed by atoms with E-state index >= 15 is 0 Å². The number of hydrazone groups is 1. The summed E-state index contributed by atoms with van der Waals surface area (Å²) in [5.41, 5.74) is 4.67. The topological polar surface area (TPSA) is 75.6 Å². The lowest BCUT2D eigenvalue weighted by Gasteiger charge is -2.07. The Morgan fingerprint density at radius 1 is 1.27 bits per heavy atom. The van der Waals surface area contributed by atoms with Crippen molar-refractivity contribution < 1.29 is 9.53 Å². The molecule has 22 heavy (non-hydrogen) atoms. The van der Waals surface area contributed by atoms with Crippen molar-refractivity contribution in [1.82, 2.24) is 10.4 Å². The van der Waals surface area contributed by atoms with Gasteiger partial charge >= 0.3 is 0 Å². The molecule has 0 atom stereocenters. The predicted octanol–water partition coefficient (Wildman–Crippen LogP) is 2.04. The third-order valence-electron chi connectivity index (χ3n) is 2.91. The smallest absolute Gasteiger partial charge is 0.259 e. The molecule has 2 rings (SSSR count). The van der Waals surface area contributed by atoms with Gasteiger partial charge in [0.05, 0.1) is 25.1 Å². The third kappa shape index (κ3) is 4.59. The van der Waals surface area contributed by atoms with Gasteiger partial charge in [0.15, 0.2) is 0 Å². The third-order valence-corrected chi connectivity index (χ3v) is 2.91. The van der Waals surface area contributed by atoms with Gasteiger partial charge in [-0.15, -0.1) is 0 Å². The zero-order chi connectivity index (χ0) is 15.8. The number of amides is 1. The molecule has 1 aromatic heterocycles. The van der Waals surface area contributed by atoms with Crippen LogP contribution in [0.2, 0.25) is 0 Å². The van der Waals surface area contributed by atoms with Crippen LogP contribution in [0.25, 0.3) is 0 Å². The molecule has 1 amide bonds. The summed E-state index contributed by atoms with van der Waals surface area (Å²) in [6, 6.07) is 12.9. The molecule has 1 aromatic carbocycles. The lowest BCUT2D eigenvalue weighted by molar-refractivity contribution is -0.119. The summed E-state index contributed by atoms with van der Waals surface area (Å²) >= 11 is 0. The lowest BCUT2D eigenvalue weighted by atomic mass is 10.3. The van der Waals surface area contributed by atoms with E-state index in [1.165, 1.54) is 0 Å². The van der Waals surface area contributed by atoms with Gasteiger partial charge in [-0.05, 0) is 31.2 Å². The molecule has 0 aliphatic rings. The van der Waals surface area contributed by atoms with Crippen molar-refractivity contribution in [3.8, 4) is 5.75 Å². The second-order valence-corrected chi connectivity index (χ2v) is 4.53. The molecule has 1 heterocycles. The van der Waals surface area contributed by atoms with Crippen LogP contribution in [0.4, 0.5) is 5.69 Å². The summed E-state index contributed by atoms with van der Waals surface area (Å²) in [4.78, 5) is 15.9. The first-order valence-electron chi connectivity index (χ1n) is 6.81. The van der Waals surface area contributed by atoms with Gasteiger partial charge in [-0.3, -0.25) is 9.78 Å². The van der Waals surface area contributed by atoms with Crippen molar-refractivity contribution in [2.75, 3.05) is 19.0 Å². The van der Waals surface area contributed by atoms with Gasteiger partial charge in [0.1, 0.15) is 5.75 Å². The summed E-state index contributed by atoms with van der Waals surface area (Å²) in [6.45, 7) is 1.91. The van der Waals surface area contributed by atoms with Gasteiger partial charge in [-0.2, -0.15) is 5.10 Å². The van der Waals surface area contributed by atoms with Gasteiger partial charge in [0.2, 0.25) is 0 Å². The first-order chi connectivity index (χ1) is 10.7. The maximum absolute atomic E-state index is 11.8. The van der Waals surface area contributed by atoms with Gasteiger partial charge in [-0.25, -0.2) is 5.43 Å². The highest BCUT2D eigenvalue weighted by Gasteiger charge is 2.02. The molecular weight excluding hydrogens is 280 g/mol. The number of rotatable bonds is 6. The van der Waals surface area contributed by atoms with Crippen LogP contribution in [0.15, 0.2) is 53.8 Å². The van der Waals surface area contributed by atoms with Crippen LogP contribution < -0.4 is 15.5 Å². The molecule has 0 aliphatic heterocycles. The fourth-order valence-corrected chi connectivity index (χ4v) is 1.74. The van der Waals surface area contributed by atoms with Crippen molar-refractivity contribution in [2.45, 2.75) is 6.92 Å². The molecule has 0 aliphatic carbocycles. The van der Waals surface area contributed by atoms with E-state index < -0.39 is 0 Å². The Bertz CT molecular complexity index is 656. The molecular formula is C16H18N4O2. The van der Waals surface area contributed by atoms with E-state index in [1.807, 2.05) is 42.5 Å². The Balaban J connectivity index is 1.85. The summed E-state index contributed by atoms with van der Waals surface area (Å²) < 4.78 is 5.12. The van der Waals surface area contributed by atoms with Crippen LogP contribution in [0.1, 0.15) is 12.6 Å². The highest BCUT2D eigenvalue weighted by Crippen LogP contribution is 2.16. The van der Waals surface area contributed by atoms with Crippen LogP contribution in [0.3, 0.4) is 0 Å². The molecule has 2 N–H and O–H groups in total. The average molecular weight is 298 g/mol. The molecule has 6 nitrogen and oxygen atoms in total. The maximum atomic E-state index is 11.8. The molecule has 114 valence electrons. The Morgan fingerprint density at radius 3 is 2.86 bits per heavy atom. The molecule has 0 radical (unpaired) electrons. The summed E-state index contributed by atoms with van der Waals surface area (Å²) in [7, 11) is 1.60. The SMILES string of the molecule is COc1cccc(NCC(=O)N/N=C(/C)c2ccccn2)c1. The number of pyridine rings is 1. The second-order valence-electron chi connectivity index (χ2n) is 4.53. The van der Waals surface area contributed by atoms with Crippen molar-refractivity contribution >= 4 is 17.3 Å². The average Bonchev–Trinajstić information content (AvgIpc) is 2.58. The lowest BCUT2D eigenvalue weighted by Crippen LogP contribution is -2.26. The fourth-order valence-electron chi connectivity index (χ4n) is 1.74. The summed E-state index contributed by atoms with van der Waals surface area (Å²) in [5, 5.41) is 7.04. The first kappa shape index (κ1) is 15.5. The number of anilines is 1. The highest BCUT2D eigenvalue weighted by molar-refractivity contribution is 5.97. The molecule has 0 spiro atoms. The van der Waals surface area contributed by atoms with Crippen molar-refractivity contribution in [2.24, 2.45) is 5.10 Å². The quantitative estimate of drug-likeness (QED) is 0.632. The monoisotopic (exact) mass is 298 g/mol. The number of hydrogen-bond donors (Lipinski definition) is 2. The number of carbonyl (C=O) groups is 1. The zero-order valence-corrected chi connectivity index (χ0v) is 12.5. The van der Waals surface area contributed by atoms with Crippen LogP contribution >= 0.6 is 0 Å². The van der Waals surface area contributed by atoms with Crippen molar-refractivity contribution in [3.05, 3.63) is 54.4 Å². The standard InChI is InChI=1S/C16H18N4O2/c1-12(15-8-3-4-9-17-15)19-20-16(21)11-18-13-6-5-7-14(10-13)22-2/h3-10,18H,11H2,1-2H3,(H,20,21)/b19-12-.